The highest BCUT2D eigenvalue weighted by atomic mass is 32.1. The molecule has 0 aliphatic carbocycles. The molecule has 1 aromatic heterocycles. The van der Waals surface area contributed by atoms with Crippen LogP contribution in [0.4, 0.5) is 0 Å². The number of aromatic nitrogens is 2. The summed E-state index contributed by atoms with van der Waals surface area (Å²) in [5.74, 6) is 0. The van der Waals surface area contributed by atoms with E-state index >= 15 is 0 Å². The molecular formula is C7H9N3S. The number of thiocarbonyl (C=S) groups is 1. The van der Waals surface area contributed by atoms with Gasteiger partial charge in [-0.15, -0.1) is 0 Å². The maximum absolute atomic E-state index is 5.42. The summed E-state index contributed by atoms with van der Waals surface area (Å²) < 4.78 is 0. The molecule has 0 saturated carbocycles. The topological polar surface area (TPSA) is 51.8 Å². The summed E-state index contributed by atoms with van der Waals surface area (Å²) in [4.78, 5) is 8.42. The van der Waals surface area contributed by atoms with Crippen LogP contribution in [0.25, 0.3) is 0 Å². The highest BCUT2D eigenvalue weighted by Gasteiger charge is 2.03. The van der Waals surface area contributed by atoms with Crippen molar-refractivity contribution in [3.8, 4) is 0 Å². The molecule has 58 valence electrons. The van der Waals surface area contributed by atoms with Crippen molar-refractivity contribution < 1.29 is 0 Å². The lowest BCUT2D eigenvalue weighted by Crippen LogP contribution is -2.15. The minimum Gasteiger partial charge on any atom is -0.388 e. The normalized spacial score (nSPS) is 9.55. The molecule has 2 N–H and O–H groups in total. The van der Waals surface area contributed by atoms with Crippen LogP contribution in [0.15, 0.2) is 12.4 Å². The first-order chi connectivity index (χ1) is 5.25. The van der Waals surface area contributed by atoms with Gasteiger partial charge in [0.1, 0.15) is 10.7 Å². The van der Waals surface area contributed by atoms with Gasteiger partial charge in [-0.05, 0) is 6.42 Å². The van der Waals surface area contributed by atoms with Gasteiger partial charge in [0.05, 0.1) is 5.69 Å². The van der Waals surface area contributed by atoms with E-state index in [0.717, 1.165) is 12.1 Å². The van der Waals surface area contributed by atoms with Gasteiger partial charge in [0, 0.05) is 12.4 Å². The van der Waals surface area contributed by atoms with Gasteiger partial charge < -0.3 is 5.73 Å². The van der Waals surface area contributed by atoms with Gasteiger partial charge in [-0.2, -0.15) is 0 Å². The molecule has 1 heterocycles. The Labute approximate surface area is 70.7 Å². The predicted octanol–water partition coefficient (Wildman–Crippen LogP) is 0.673. The summed E-state index contributed by atoms with van der Waals surface area (Å²) >= 11 is 4.79. The van der Waals surface area contributed by atoms with Gasteiger partial charge in [0.15, 0.2) is 0 Å². The molecular weight excluding hydrogens is 158 g/mol. The quantitative estimate of drug-likeness (QED) is 0.658. The number of hydrogen-bond donors (Lipinski definition) is 1. The first kappa shape index (κ1) is 8.07. The van der Waals surface area contributed by atoms with Gasteiger partial charge in [-0.1, -0.05) is 19.1 Å². The minimum atomic E-state index is 0.315. The van der Waals surface area contributed by atoms with E-state index in [9.17, 15) is 0 Å². The summed E-state index contributed by atoms with van der Waals surface area (Å²) in [6.07, 6.45) is 4.04. The van der Waals surface area contributed by atoms with E-state index in [1.807, 2.05) is 6.92 Å². The van der Waals surface area contributed by atoms with E-state index in [4.69, 9.17) is 18.0 Å². The summed E-state index contributed by atoms with van der Waals surface area (Å²) in [7, 11) is 0. The van der Waals surface area contributed by atoms with Crippen molar-refractivity contribution in [3.05, 3.63) is 23.8 Å². The lowest BCUT2D eigenvalue weighted by atomic mass is 10.2. The predicted molar refractivity (Wildman–Crippen MR) is 47.3 cm³/mol. The first-order valence-corrected chi connectivity index (χ1v) is 3.76. The number of nitrogens with two attached hydrogens (primary N) is 1. The molecule has 0 saturated heterocycles. The number of aryl methyl sites for hydroxylation is 1. The Hall–Kier alpha value is -1.03. The molecule has 0 amide bonds. The van der Waals surface area contributed by atoms with Crippen LogP contribution < -0.4 is 5.73 Å². The van der Waals surface area contributed by atoms with E-state index in [1.54, 1.807) is 12.4 Å². The molecule has 0 unspecified atom stereocenters. The smallest absolute Gasteiger partial charge is 0.124 e. The van der Waals surface area contributed by atoms with Crippen molar-refractivity contribution >= 4 is 17.2 Å². The van der Waals surface area contributed by atoms with Gasteiger partial charge in [0.2, 0.25) is 0 Å². The molecule has 0 aromatic carbocycles. The first-order valence-electron chi connectivity index (χ1n) is 3.35. The van der Waals surface area contributed by atoms with Crippen LogP contribution >= 0.6 is 12.2 Å². The zero-order valence-corrected chi connectivity index (χ0v) is 7.06. The molecule has 0 atom stereocenters. The number of rotatable bonds is 2. The Morgan fingerprint density at radius 2 is 2.18 bits per heavy atom. The molecule has 0 fully saturated rings. The lowest BCUT2D eigenvalue weighted by Gasteiger charge is -2.01. The molecule has 11 heavy (non-hydrogen) atoms. The zero-order chi connectivity index (χ0) is 8.27. The van der Waals surface area contributed by atoms with E-state index < -0.39 is 0 Å². The molecule has 3 nitrogen and oxygen atoms in total. The van der Waals surface area contributed by atoms with E-state index in [-0.39, 0.29) is 0 Å². The van der Waals surface area contributed by atoms with Crippen LogP contribution in [0, 0.1) is 0 Å². The SMILES string of the molecule is CCc1nccnc1C(N)=S. The van der Waals surface area contributed by atoms with Crippen molar-refractivity contribution in [2.45, 2.75) is 13.3 Å². The Kier molecular flexibility index (Phi) is 2.48. The van der Waals surface area contributed by atoms with E-state index in [2.05, 4.69) is 9.97 Å². The van der Waals surface area contributed by atoms with Gasteiger partial charge in [-0.3, -0.25) is 9.97 Å². The second-order valence-electron chi connectivity index (χ2n) is 2.07. The van der Waals surface area contributed by atoms with E-state index in [0.29, 0.717) is 10.7 Å². The zero-order valence-electron chi connectivity index (χ0n) is 6.24. The molecule has 4 heteroatoms. The third kappa shape index (κ3) is 1.71. The van der Waals surface area contributed by atoms with Crippen LogP contribution in [0.1, 0.15) is 18.3 Å². The third-order valence-electron chi connectivity index (χ3n) is 1.34. The van der Waals surface area contributed by atoms with Crippen molar-refractivity contribution in [3.63, 3.8) is 0 Å². The number of hydrogen-bond acceptors (Lipinski definition) is 3. The van der Waals surface area contributed by atoms with Crippen LogP contribution in [0.3, 0.4) is 0 Å². The molecule has 1 rings (SSSR count). The van der Waals surface area contributed by atoms with Crippen molar-refractivity contribution in [1.82, 2.24) is 9.97 Å². The summed E-state index contributed by atoms with van der Waals surface area (Å²) in [6.45, 7) is 1.99. The Morgan fingerprint density at radius 1 is 1.55 bits per heavy atom. The fourth-order valence-corrected chi connectivity index (χ4v) is 1.00. The Bertz CT molecular complexity index is 272. The van der Waals surface area contributed by atoms with E-state index in [1.165, 1.54) is 0 Å². The van der Waals surface area contributed by atoms with Crippen molar-refractivity contribution in [2.24, 2.45) is 5.73 Å². The average molecular weight is 167 g/mol. The molecule has 1 aromatic rings. The Morgan fingerprint density at radius 3 is 2.64 bits per heavy atom. The summed E-state index contributed by atoms with van der Waals surface area (Å²) in [5.41, 5.74) is 6.92. The van der Waals surface area contributed by atoms with Gasteiger partial charge in [0.25, 0.3) is 0 Å². The highest BCUT2D eigenvalue weighted by molar-refractivity contribution is 7.80. The fraction of sp³-hybridized carbons (Fsp3) is 0.286. The second-order valence-corrected chi connectivity index (χ2v) is 2.51. The van der Waals surface area contributed by atoms with Crippen LogP contribution in [0.2, 0.25) is 0 Å². The molecule has 0 aliphatic heterocycles. The maximum Gasteiger partial charge on any atom is 0.124 e. The van der Waals surface area contributed by atoms with Crippen molar-refractivity contribution in [2.75, 3.05) is 0 Å². The standard InChI is InChI=1S/C7H9N3S/c1-2-5-6(7(8)11)10-4-3-9-5/h3-4H,2H2,1H3,(H2,8,11). The van der Waals surface area contributed by atoms with Crippen LogP contribution in [0.5, 0.6) is 0 Å². The monoisotopic (exact) mass is 167 g/mol. The average Bonchev–Trinajstić information content (AvgIpc) is 2.04. The van der Waals surface area contributed by atoms with Gasteiger partial charge in [-0.25, -0.2) is 0 Å². The summed E-state index contributed by atoms with van der Waals surface area (Å²) in [5, 5.41) is 0. The lowest BCUT2D eigenvalue weighted by molar-refractivity contribution is 0.989. The Balaban J connectivity index is 3.12. The third-order valence-corrected chi connectivity index (χ3v) is 1.54. The molecule has 0 bridgehead atoms. The number of nitrogens with zero attached hydrogens (tertiary/aromatic N) is 2. The molecule has 0 spiro atoms. The molecule has 0 radical (unpaired) electrons. The fourth-order valence-electron chi connectivity index (χ4n) is 0.831. The minimum absolute atomic E-state index is 0.315. The van der Waals surface area contributed by atoms with Crippen LogP contribution in [-0.2, 0) is 6.42 Å². The molecule has 0 aliphatic rings. The van der Waals surface area contributed by atoms with Crippen LogP contribution in [-0.4, -0.2) is 15.0 Å². The second kappa shape index (κ2) is 3.39. The highest BCUT2D eigenvalue weighted by Crippen LogP contribution is 2.01. The summed E-state index contributed by atoms with van der Waals surface area (Å²) in [6, 6.07) is 0. The maximum atomic E-state index is 5.42. The largest absolute Gasteiger partial charge is 0.388 e. The van der Waals surface area contributed by atoms with Gasteiger partial charge >= 0.3 is 0 Å². The van der Waals surface area contributed by atoms with Crippen molar-refractivity contribution in [1.29, 1.82) is 0 Å².